The summed E-state index contributed by atoms with van der Waals surface area (Å²) in [7, 11) is 1.85. The van der Waals surface area contributed by atoms with E-state index in [-0.39, 0.29) is 5.60 Å². The molecule has 0 aliphatic heterocycles. The highest BCUT2D eigenvalue weighted by Gasteiger charge is 2.38. The molecule has 1 aliphatic rings. The molecule has 1 N–H and O–H groups in total. The zero-order valence-electron chi connectivity index (χ0n) is 10.9. The summed E-state index contributed by atoms with van der Waals surface area (Å²) in [5.41, 5.74) is 0.154. The molecule has 0 aromatic carbocycles. The van der Waals surface area contributed by atoms with Crippen LogP contribution in [0.25, 0.3) is 0 Å². The van der Waals surface area contributed by atoms with Gasteiger partial charge >= 0.3 is 0 Å². The summed E-state index contributed by atoms with van der Waals surface area (Å²) >= 11 is 0. The van der Waals surface area contributed by atoms with Crippen LogP contribution in [0.15, 0.2) is 0 Å². The summed E-state index contributed by atoms with van der Waals surface area (Å²) in [5.74, 6) is 6.17. The number of rotatable bonds is 7. The quantitative estimate of drug-likeness (QED) is 0.670. The third-order valence-electron chi connectivity index (χ3n) is 3.52. The number of ether oxygens (including phenoxy) is 1. The largest absolute Gasteiger partial charge is 0.378 e. The summed E-state index contributed by atoms with van der Waals surface area (Å²) in [5, 5.41) is 3.58. The lowest BCUT2D eigenvalue weighted by molar-refractivity contribution is -0.0831. The topological polar surface area (TPSA) is 21.3 Å². The maximum Gasteiger partial charge on any atom is 0.0694 e. The van der Waals surface area contributed by atoms with Crippen molar-refractivity contribution in [3.05, 3.63) is 0 Å². The van der Waals surface area contributed by atoms with Crippen molar-refractivity contribution in [2.24, 2.45) is 0 Å². The van der Waals surface area contributed by atoms with E-state index in [4.69, 9.17) is 4.74 Å². The van der Waals surface area contributed by atoms with Gasteiger partial charge in [0.25, 0.3) is 0 Å². The van der Waals surface area contributed by atoms with Crippen LogP contribution in [-0.4, -0.2) is 25.3 Å². The van der Waals surface area contributed by atoms with Crippen LogP contribution < -0.4 is 5.32 Å². The standard InChI is InChI=1S/C14H25NO/c1-4-6-8-13(15-11-5-2)12-14(16-3)9-7-10-14/h13,15H,5,7-12H2,1-3H3. The molecule has 0 radical (unpaired) electrons. The van der Waals surface area contributed by atoms with E-state index in [1.807, 2.05) is 14.0 Å². The zero-order valence-corrected chi connectivity index (χ0v) is 10.9. The highest BCUT2D eigenvalue weighted by molar-refractivity contribution is 5.01. The van der Waals surface area contributed by atoms with Crippen LogP contribution in [0.2, 0.25) is 0 Å². The van der Waals surface area contributed by atoms with Crippen molar-refractivity contribution in [3.63, 3.8) is 0 Å². The smallest absolute Gasteiger partial charge is 0.0694 e. The van der Waals surface area contributed by atoms with Gasteiger partial charge in [-0.1, -0.05) is 6.92 Å². The lowest BCUT2D eigenvalue weighted by atomic mass is 9.75. The number of hydrogen-bond acceptors (Lipinski definition) is 2. The molecule has 92 valence electrons. The molecule has 0 bridgehead atoms. The van der Waals surface area contributed by atoms with Gasteiger partial charge in [-0.15, -0.1) is 11.8 Å². The van der Waals surface area contributed by atoms with Crippen molar-refractivity contribution in [2.75, 3.05) is 13.7 Å². The molecule has 2 nitrogen and oxygen atoms in total. The van der Waals surface area contributed by atoms with E-state index in [2.05, 4.69) is 24.1 Å². The molecule has 1 aliphatic carbocycles. The highest BCUT2D eigenvalue weighted by atomic mass is 16.5. The molecule has 0 aromatic rings. The van der Waals surface area contributed by atoms with Gasteiger partial charge in [-0.05, 0) is 45.6 Å². The normalized spacial score (nSPS) is 19.4. The van der Waals surface area contributed by atoms with Crippen LogP contribution in [0.5, 0.6) is 0 Å². The molecule has 0 heterocycles. The molecule has 1 fully saturated rings. The number of nitrogens with one attached hydrogen (secondary N) is 1. The lowest BCUT2D eigenvalue weighted by Crippen LogP contribution is -2.46. The minimum atomic E-state index is 0.154. The Morgan fingerprint density at radius 1 is 1.44 bits per heavy atom. The van der Waals surface area contributed by atoms with Crippen LogP contribution >= 0.6 is 0 Å². The molecule has 16 heavy (non-hydrogen) atoms. The van der Waals surface area contributed by atoms with E-state index in [0.717, 1.165) is 19.4 Å². The molecule has 0 spiro atoms. The van der Waals surface area contributed by atoms with Crippen LogP contribution in [0.3, 0.4) is 0 Å². The Morgan fingerprint density at radius 2 is 2.19 bits per heavy atom. The molecule has 0 aromatic heterocycles. The van der Waals surface area contributed by atoms with Gasteiger partial charge in [0.1, 0.15) is 0 Å². The van der Waals surface area contributed by atoms with Crippen LogP contribution in [0.4, 0.5) is 0 Å². The van der Waals surface area contributed by atoms with Gasteiger partial charge in [0.2, 0.25) is 0 Å². The Labute approximate surface area is 100 Å². The van der Waals surface area contributed by atoms with E-state index in [9.17, 15) is 0 Å². The van der Waals surface area contributed by atoms with Crippen molar-refractivity contribution < 1.29 is 4.74 Å². The second-order valence-corrected chi connectivity index (χ2v) is 4.73. The predicted molar refractivity (Wildman–Crippen MR) is 68.4 cm³/mol. The second-order valence-electron chi connectivity index (χ2n) is 4.73. The Balaban J connectivity index is 2.43. The van der Waals surface area contributed by atoms with Gasteiger partial charge in [-0.25, -0.2) is 0 Å². The van der Waals surface area contributed by atoms with Gasteiger partial charge in [0, 0.05) is 19.6 Å². The zero-order chi connectivity index (χ0) is 11.9. The Kier molecular flexibility index (Phi) is 5.87. The van der Waals surface area contributed by atoms with Crippen molar-refractivity contribution in [1.29, 1.82) is 0 Å². The van der Waals surface area contributed by atoms with Crippen LogP contribution in [0, 0.1) is 11.8 Å². The molecule has 0 saturated heterocycles. The van der Waals surface area contributed by atoms with Crippen LogP contribution in [-0.2, 0) is 4.74 Å². The predicted octanol–water partition coefficient (Wildman–Crippen LogP) is 2.73. The highest BCUT2D eigenvalue weighted by Crippen LogP contribution is 2.39. The molecule has 2 heteroatoms. The maximum absolute atomic E-state index is 5.68. The molecule has 0 amide bonds. The molecular weight excluding hydrogens is 198 g/mol. The average Bonchev–Trinajstić information content (AvgIpc) is 2.26. The summed E-state index contributed by atoms with van der Waals surface area (Å²) in [6.07, 6.45) is 6.98. The monoisotopic (exact) mass is 223 g/mol. The van der Waals surface area contributed by atoms with Crippen molar-refractivity contribution in [2.45, 2.75) is 64.0 Å². The van der Waals surface area contributed by atoms with E-state index in [1.165, 1.54) is 25.7 Å². The van der Waals surface area contributed by atoms with E-state index >= 15 is 0 Å². The first-order valence-corrected chi connectivity index (χ1v) is 6.44. The molecule has 1 rings (SSSR count). The van der Waals surface area contributed by atoms with Crippen molar-refractivity contribution >= 4 is 0 Å². The summed E-state index contributed by atoms with van der Waals surface area (Å²) in [6, 6.07) is 0.493. The minimum Gasteiger partial charge on any atom is -0.378 e. The fraction of sp³-hybridized carbons (Fsp3) is 0.857. The third kappa shape index (κ3) is 3.81. The number of hydrogen-bond donors (Lipinski definition) is 1. The minimum absolute atomic E-state index is 0.154. The van der Waals surface area contributed by atoms with E-state index < -0.39 is 0 Å². The van der Waals surface area contributed by atoms with Gasteiger partial charge in [-0.3, -0.25) is 0 Å². The Hall–Kier alpha value is -0.520. The molecule has 1 saturated carbocycles. The molecule has 1 unspecified atom stereocenters. The Morgan fingerprint density at radius 3 is 2.62 bits per heavy atom. The maximum atomic E-state index is 5.68. The summed E-state index contributed by atoms with van der Waals surface area (Å²) < 4.78 is 5.68. The lowest BCUT2D eigenvalue weighted by Gasteiger charge is -2.42. The average molecular weight is 223 g/mol. The van der Waals surface area contributed by atoms with Gasteiger partial charge < -0.3 is 10.1 Å². The first kappa shape index (κ1) is 13.5. The SMILES string of the molecule is CC#CCC(CC1(OC)CCC1)NCCC. The Bertz CT molecular complexity index is 242. The van der Waals surface area contributed by atoms with Gasteiger partial charge in [-0.2, -0.15) is 0 Å². The van der Waals surface area contributed by atoms with Crippen molar-refractivity contribution in [3.8, 4) is 11.8 Å². The fourth-order valence-electron chi connectivity index (χ4n) is 2.30. The van der Waals surface area contributed by atoms with Gasteiger partial charge in [0.05, 0.1) is 5.60 Å². The molecular formula is C14H25NO. The first-order valence-electron chi connectivity index (χ1n) is 6.44. The second kappa shape index (κ2) is 6.93. The van der Waals surface area contributed by atoms with E-state index in [1.54, 1.807) is 0 Å². The third-order valence-corrected chi connectivity index (χ3v) is 3.52. The molecule has 1 atom stereocenters. The summed E-state index contributed by atoms with van der Waals surface area (Å²) in [6.45, 7) is 5.19. The van der Waals surface area contributed by atoms with Gasteiger partial charge in [0.15, 0.2) is 0 Å². The van der Waals surface area contributed by atoms with E-state index in [0.29, 0.717) is 6.04 Å². The number of methoxy groups -OCH3 is 1. The summed E-state index contributed by atoms with van der Waals surface area (Å²) in [4.78, 5) is 0. The first-order chi connectivity index (χ1) is 7.76. The van der Waals surface area contributed by atoms with Crippen molar-refractivity contribution in [1.82, 2.24) is 5.32 Å². The fourth-order valence-corrected chi connectivity index (χ4v) is 2.30. The van der Waals surface area contributed by atoms with Crippen LogP contribution in [0.1, 0.15) is 52.4 Å².